The Kier molecular flexibility index (Phi) is 3.91. The van der Waals surface area contributed by atoms with Gasteiger partial charge >= 0.3 is 0 Å². The largest absolute Gasteiger partial charge is 0.340 e. The summed E-state index contributed by atoms with van der Waals surface area (Å²) in [7, 11) is 2.06. The molecule has 1 aliphatic carbocycles. The van der Waals surface area contributed by atoms with Crippen LogP contribution in [-0.2, 0) is 7.05 Å². The Labute approximate surface area is 158 Å². The third kappa shape index (κ3) is 2.89. The van der Waals surface area contributed by atoms with E-state index in [0.717, 1.165) is 36.1 Å². The molecule has 2 fully saturated rings. The smallest absolute Gasteiger partial charge is 0.227 e. The maximum Gasteiger partial charge on any atom is 0.227 e. The van der Waals surface area contributed by atoms with Crippen molar-refractivity contribution < 1.29 is 0 Å². The van der Waals surface area contributed by atoms with Crippen LogP contribution in [0.4, 0.5) is 5.95 Å². The van der Waals surface area contributed by atoms with Crippen molar-refractivity contribution >= 4 is 5.95 Å². The number of hydrogen-bond donors (Lipinski definition) is 0. The summed E-state index contributed by atoms with van der Waals surface area (Å²) < 4.78 is 3.76. The van der Waals surface area contributed by atoms with Crippen molar-refractivity contribution in [1.82, 2.24) is 35.0 Å². The van der Waals surface area contributed by atoms with Crippen molar-refractivity contribution in [3.8, 4) is 17.1 Å². The molecule has 1 aromatic carbocycles. The second-order valence-corrected chi connectivity index (χ2v) is 7.92. The van der Waals surface area contributed by atoms with Gasteiger partial charge in [0, 0.05) is 25.7 Å². The van der Waals surface area contributed by atoms with Crippen LogP contribution in [0.3, 0.4) is 0 Å². The lowest BCUT2D eigenvalue weighted by Gasteiger charge is -2.33. The monoisotopic (exact) mass is 364 g/mol. The molecule has 0 amide bonds. The first-order valence-electron chi connectivity index (χ1n) is 9.72. The number of rotatable bonds is 3. The molecule has 1 spiro atoms. The molecule has 27 heavy (non-hydrogen) atoms. The normalized spacial score (nSPS) is 19.1. The lowest BCUT2D eigenvalue weighted by atomic mass is 9.73. The lowest BCUT2D eigenvalue weighted by molar-refractivity contribution is 0.218. The van der Waals surface area contributed by atoms with Gasteiger partial charge < -0.3 is 4.90 Å². The van der Waals surface area contributed by atoms with Crippen LogP contribution >= 0.6 is 0 Å². The van der Waals surface area contributed by atoms with Crippen molar-refractivity contribution in [3.63, 3.8) is 0 Å². The summed E-state index contributed by atoms with van der Waals surface area (Å²) in [5.41, 5.74) is 2.47. The minimum atomic E-state index is 0.512. The summed E-state index contributed by atoms with van der Waals surface area (Å²) in [6.45, 7) is 2.21. The Bertz CT molecular complexity index is 906. The summed E-state index contributed by atoms with van der Waals surface area (Å²) in [6, 6.07) is 8.06. The summed E-state index contributed by atoms with van der Waals surface area (Å²) in [6.07, 6.45) is 9.77. The minimum Gasteiger partial charge on any atom is -0.340 e. The van der Waals surface area contributed by atoms with Crippen LogP contribution in [-0.4, -0.2) is 48.1 Å². The molecule has 0 bridgehead atoms. The van der Waals surface area contributed by atoms with E-state index < -0.39 is 0 Å². The van der Waals surface area contributed by atoms with E-state index in [1.54, 1.807) is 11.0 Å². The zero-order valence-electron chi connectivity index (χ0n) is 15.6. The quantitative estimate of drug-likeness (QED) is 0.711. The van der Waals surface area contributed by atoms with E-state index in [2.05, 4.69) is 42.2 Å². The molecule has 0 unspecified atom stereocenters. The third-order valence-electron chi connectivity index (χ3n) is 6.23. The Hall–Kier alpha value is -2.77. The average Bonchev–Trinajstić information content (AvgIpc) is 3.44. The van der Waals surface area contributed by atoms with E-state index in [4.69, 9.17) is 0 Å². The Morgan fingerprint density at radius 3 is 2.52 bits per heavy atom. The average molecular weight is 364 g/mol. The number of hydrogen-bond acceptors (Lipinski definition) is 6. The zero-order chi connectivity index (χ0) is 18.3. The molecule has 1 aliphatic heterocycles. The molecule has 0 radical (unpaired) electrons. The standard InChI is InChI=1S/C19H24N8/c1-25-17(15-5-7-16(8-6-15)27-14-20-23-24-27)21-22-18(25)26-12-11-19(13-26)9-3-2-4-10-19/h5-8,14H,2-4,9-13H2,1H3. The highest BCUT2D eigenvalue weighted by molar-refractivity contribution is 5.59. The van der Waals surface area contributed by atoms with Crippen LogP contribution in [0.25, 0.3) is 17.1 Å². The number of tetrazole rings is 1. The molecule has 5 rings (SSSR count). The molecule has 140 valence electrons. The Morgan fingerprint density at radius 2 is 1.78 bits per heavy atom. The second-order valence-electron chi connectivity index (χ2n) is 7.92. The van der Waals surface area contributed by atoms with Crippen LogP contribution in [0, 0.1) is 5.41 Å². The molecule has 0 N–H and O–H groups in total. The Balaban J connectivity index is 1.37. The van der Waals surface area contributed by atoms with E-state index in [0.29, 0.717) is 5.41 Å². The van der Waals surface area contributed by atoms with Crippen LogP contribution in [0.2, 0.25) is 0 Å². The number of aromatic nitrogens is 7. The summed E-state index contributed by atoms with van der Waals surface area (Å²) in [5.74, 6) is 1.87. The topological polar surface area (TPSA) is 77.5 Å². The summed E-state index contributed by atoms with van der Waals surface area (Å²) >= 11 is 0. The van der Waals surface area contributed by atoms with Gasteiger partial charge in [-0.3, -0.25) is 4.57 Å². The fourth-order valence-electron chi connectivity index (χ4n) is 4.71. The van der Waals surface area contributed by atoms with Crippen molar-refractivity contribution in [2.45, 2.75) is 38.5 Å². The van der Waals surface area contributed by atoms with Crippen molar-refractivity contribution in [1.29, 1.82) is 0 Å². The van der Waals surface area contributed by atoms with Gasteiger partial charge in [-0.2, -0.15) is 0 Å². The predicted octanol–water partition coefficient (Wildman–Crippen LogP) is 2.62. The first-order valence-corrected chi connectivity index (χ1v) is 9.72. The van der Waals surface area contributed by atoms with Gasteiger partial charge in [0.2, 0.25) is 5.95 Å². The Morgan fingerprint density at radius 1 is 0.963 bits per heavy atom. The van der Waals surface area contributed by atoms with Gasteiger partial charge in [0.05, 0.1) is 5.69 Å². The van der Waals surface area contributed by atoms with E-state index >= 15 is 0 Å². The fraction of sp³-hybridized carbons (Fsp3) is 0.526. The highest BCUT2D eigenvalue weighted by Crippen LogP contribution is 2.44. The van der Waals surface area contributed by atoms with Crippen LogP contribution in [0.5, 0.6) is 0 Å². The maximum atomic E-state index is 4.53. The molecule has 0 atom stereocenters. The molecular formula is C19H24N8. The number of nitrogens with zero attached hydrogens (tertiary/aromatic N) is 8. The van der Waals surface area contributed by atoms with E-state index in [1.165, 1.54) is 38.5 Å². The SMILES string of the molecule is Cn1c(-c2ccc(-n3cnnn3)cc2)nnc1N1CCC2(CCCCC2)C1. The van der Waals surface area contributed by atoms with Gasteiger partial charge in [0.1, 0.15) is 6.33 Å². The molecule has 8 nitrogen and oxygen atoms in total. The van der Waals surface area contributed by atoms with E-state index in [9.17, 15) is 0 Å². The van der Waals surface area contributed by atoms with Crippen LogP contribution in [0.1, 0.15) is 38.5 Å². The fourth-order valence-corrected chi connectivity index (χ4v) is 4.71. The molecule has 3 aromatic rings. The molecule has 1 saturated carbocycles. The van der Waals surface area contributed by atoms with E-state index in [-0.39, 0.29) is 0 Å². The maximum absolute atomic E-state index is 4.53. The molecule has 1 saturated heterocycles. The number of anilines is 1. The predicted molar refractivity (Wildman–Crippen MR) is 101 cm³/mol. The van der Waals surface area contributed by atoms with Gasteiger partial charge in [-0.15, -0.1) is 15.3 Å². The van der Waals surface area contributed by atoms with Gasteiger partial charge in [-0.25, -0.2) is 4.68 Å². The van der Waals surface area contributed by atoms with Crippen LogP contribution in [0.15, 0.2) is 30.6 Å². The van der Waals surface area contributed by atoms with Gasteiger partial charge in [0.25, 0.3) is 0 Å². The first-order chi connectivity index (χ1) is 13.2. The van der Waals surface area contributed by atoms with E-state index in [1.807, 2.05) is 24.3 Å². The van der Waals surface area contributed by atoms with Gasteiger partial charge in [-0.05, 0) is 59.4 Å². The van der Waals surface area contributed by atoms with Gasteiger partial charge in [-0.1, -0.05) is 19.3 Å². The molecular weight excluding hydrogens is 340 g/mol. The minimum absolute atomic E-state index is 0.512. The highest BCUT2D eigenvalue weighted by Gasteiger charge is 2.40. The van der Waals surface area contributed by atoms with Crippen LogP contribution < -0.4 is 4.90 Å². The highest BCUT2D eigenvalue weighted by atomic mass is 15.5. The van der Waals surface area contributed by atoms with Crippen molar-refractivity contribution in [2.75, 3.05) is 18.0 Å². The molecule has 8 heteroatoms. The van der Waals surface area contributed by atoms with Gasteiger partial charge in [0.15, 0.2) is 5.82 Å². The third-order valence-corrected chi connectivity index (χ3v) is 6.23. The van der Waals surface area contributed by atoms with Crippen molar-refractivity contribution in [3.05, 3.63) is 30.6 Å². The zero-order valence-corrected chi connectivity index (χ0v) is 15.6. The summed E-state index contributed by atoms with van der Waals surface area (Å²) in [5, 5.41) is 20.3. The first kappa shape index (κ1) is 16.4. The molecule has 2 aliphatic rings. The molecule has 3 heterocycles. The van der Waals surface area contributed by atoms with Crippen molar-refractivity contribution in [2.24, 2.45) is 12.5 Å². The molecule has 2 aromatic heterocycles. The lowest BCUT2D eigenvalue weighted by Crippen LogP contribution is -2.30. The second kappa shape index (κ2) is 6.44. The number of benzene rings is 1. The summed E-state index contributed by atoms with van der Waals surface area (Å²) in [4.78, 5) is 2.43.